The van der Waals surface area contributed by atoms with Gasteiger partial charge in [-0.3, -0.25) is 0 Å². The third-order valence-corrected chi connectivity index (χ3v) is 13.5. The molecule has 0 aromatic heterocycles. The molecular weight excluding hydrogens is 831 g/mol. The monoisotopic (exact) mass is 877 g/mol. The molecule has 0 heterocycles. The molecule has 0 unspecified atom stereocenters. The Morgan fingerprint density at radius 2 is 0.638 bits per heavy atom. The number of anilines is 3. The molecular formula is C68H47N. The van der Waals surface area contributed by atoms with Gasteiger partial charge in [0, 0.05) is 16.9 Å². The molecule has 0 aliphatic heterocycles. The van der Waals surface area contributed by atoms with E-state index in [1.54, 1.807) is 0 Å². The minimum Gasteiger partial charge on any atom is -0.310 e. The SMILES string of the molecule is c1ccc(-c2c(-c3ccccc3)c(-c3ccccc3)c3c(-c4ccccc4-c4ccccc4N(c4ccccc4)c4ccc(-c5ccc6ccccc6c5)cc4)cccc3c2-c2ccccc2)cc1. The summed E-state index contributed by atoms with van der Waals surface area (Å²) in [5, 5.41) is 4.91. The molecule has 0 spiro atoms. The van der Waals surface area contributed by atoms with Gasteiger partial charge < -0.3 is 4.90 Å². The fraction of sp³-hybridized carbons (Fsp3) is 0. The van der Waals surface area contributed by atoms with E-state index in [-0.39, 0.29) is 0 Å². The van der Waals surface area contributed by atoms with Gasteiger partial charge in [-0.15, -0.1) is 0 Å². The van der Waals surface area contributed by atoms with Crippen LogP contribution in [0.4, 0.5) is 17.1 Å². The van der Waals surface area contributed by atoms with Crippen LogP contribution in [0.5, 0.6) is 0 Å². The Balaban J connectivity index is 1.12. The first-order valence-electron chi connectivity index (χ1n) is 23.8. The van der Waals surface area contributed by atoms with Crippen LogP contribution in [-0.4, -0.2) is 0 Å². The van der Waals surface area contributed by atoms with Crippen LogP contribution in [0.15, 0.2) is 285 Å². The fourth-order valence-corrected chi connectivity index (χ4v) is 10.4. The third-order valence-electron chi connectivity index (χ3n) is 13.5. The van der Waals surface area contributed by atoms with Gasteiger partial charge in [0.15, 0.2) is 0 Å². The molecule has 12 rings (SSSR count). The van der Waals surface area contributed by atoms with Crippen molar-refractivity contribution in [2.75, 3.05) is 4.90 Å². The van der Waals surface area contributed by atoms with Gasteiger partial charge in [-0.1, -0.05) is 249 Å². The number of hydrogen-bond acceptors (Lipinski definition) is 1. The van der Waals surface area contributed by atoms with Crippen LogP contribution in [0.3, 0.4) is 0 Å². The van der Waals surface area contributed by atoms with Gasteiger partial charge in [-0.25, -0.2) is 0 Å². The summed E-state index contributed by atoms with van der Waals surface area (Å²) in [6.45, 7) is 0. The molecule has 0 atom stereocenters. The normalized spacial score (nSPS) is 11.2. The second-order valence-electron chi connectivity index (χ2n) is 17.5. The van der Waals surface area contributed by atoms with E-state index in [9.17, 15) is 0 Å². The van der Waals surface area contributed by atoms with Crippen molar-refractivity contribution in [1.29, 1.82) is 0 Å². The molecule has 0 N–H and O–H groups in total. The van der Waals surface area contributed by atoms with E-state index in [4.69, 9.17) is 0 Å². The maximum absolute atomic E-state index is 2.40. The van der Waals surface area contributed by atoms with Gasteiger partial charge in [0.05, 0.1) is 5.69 Å². The van der Waals surface area contributed by atoms with Crippen molar-refractivity contribution < 1.29 is 0 Å². The highest BCUT2D eigenvalue weighted by Gasteiger charge is 2.27. The van der Waals surface area contributed by atoms with E-state index < -0.39 is 0 Å². The zero-order valence-electron chi connectivity index (χ0n) is 38.1. The van der Waals surface area contributed by atoms with Crippen LogP contribution in [0.25, 0.3) is 99.4 Å². The van der Waals surface area contributed by atoms with Crippen molar-refractivity contribution in [1.82, 2.24) is 0 Å². The van der Waals surface area contributed by atoms with E-state index in [1.165, 1.54) is 82.7 Å². The molecule has 0 aliphatic carbocycles. The molecule has 0 radical (unpaired) electrons. The summed E-state index contributed by atoms with van der Waals surface area (Å²) in [4.78, 5) is 2.40. The lowest BCUT2D eigenvalue weighted by atomic mass is 9.77. The Morgan fingerprint density at radius 1 is 0.217 bits per heavy atom. The van der Waals surface area contributed by atoms with Gasteiger partial charge in [-0.05, 0) is 130 Å². The van der Waals surface area contributed by atoms with Crippen LogP contribution in [0.1, 0.15) is 0 Å². The predicted octanol–water partition coefficient (Wildman–Crippen LogP) is 19.1. The Bertz CT molecular complexity index is 3730. The zero-order valence-corrected chi connectivity index (χ0v) is 38.1. The number of rotatable bonds is 10. The lowest BCUT2D eigenvalue weighted by Crippen LogP contribution is -2.11. The van der Waals surface area contributed by atoms with Gasteiger partial charge in [0.2, 0.25) is 0 Å². The second kappa shape index (κ2) is 18.3. The first-order chi connectivity index (χ1) is 34.3. The van der Waals surface area contributed by atoms with Crippen LogP contribution < -0.4 is 4.90 Å². The summed E-state index contributed by atoms with van der Waals surface area (Å²) >= 11 is 0. The predicted molar refractivity (Wildman–Crippen MR) is 294 cm³/mol. The number of benzene rings is 12. The molecule has 0 amide bonds. The number of para-hydroxylation sites is 2. The first kappa shape index (κ1) is 41.4. The van der Waals surface area contributed by atoms with Crippen LogP contribution >= 0.6 is 0 Å². The van der Waals surface area contributed by atoms with Gasteiger partial charge in [0.25, 0.3) is 0 Å². The highest BCUT2D eigenvalue weighted by atomic mass is 15.1. The molecule has 0 saturated carbocycles. The van der Waals surface area contributed by atoms with Crippen molar-refractivity contribution in [2.24, 2.45) is 0 Å². The molecule has 69 heavy (non-hydrogen) atoms. The van der Waals surface area contributed by atoms with Crippen molar-refractivity contribution >= 4 is 38.6 Å². The summed E-state index contributed by atoms with van der Waals surface area (Å²) in [7, 11) is 0. The minimum atomic E-state index is 1.08. The average molecular weight is 878 g/mol. The standard InChI is InChI=1S/C68H47N/c1-6-24-50(25-7-1)64-62-39-22-38-61(68(62)67(53-30-12-4-13-31-53)66(52-28-10-3-11-29-52)65(64)51-26-8-2-9-27-51)59-36-19-18-35-58(59)60-37-20-21-40-63(60)69(56-33-14-5-15-34-56)57-45-43-49(44-46-57)55-42-41-48-23-16-17-32-54(48)47-55/h1-47H. The summed E-state index contributed by atoms with van der Waals surface area (Å²) in [6.07, 6.45) is 0. The van der Waals surface area contributed by atoms with Crippen molar-refractivity contribution in [2.45, 2.75) is 0 Å². The lowest BCUT2D eigenvalue weighted by molar-refractivity contribution is 1.28. The van der Waals surface area contributed by atoms with E-state index in [1.807, 2.05) is 0 Å². The summed E-state index contributed by atoms with van der Waals surface area (Å²) in [5.41, 5.74) is 19.9. The molecule has 0 bridgehead atoms. The van der Waals surface area contributed by atoms with Crippen LogP contribution in [0, 0.1) is 0 Å². The van der Waals surface area contributed by atoms with Crippen molar-refractivity contribution in [3.63, 3.8) is 0 Å². The molecule has 0 aliphatic rings. The maximum Gasteiger partial charge on any atom is 0.0540 e. The van der Waals surface area contributed by atoms with E-state index in [0.29, 0.717) is 0 Å². The molecule has 0 saturated heterocycles. The molecule has 12 aromatic rings. The summed E-state index contributed by atoms with van der Waals surface area (Å²) < 4.78 is 0. The fourth-order valence-electron chi connectivity index (χ4n) is 10.4. The Labute approximate surface area is 404 Å². The van der Waals surface area contributed by atoms with E-state index >= 15 is 0 Å². The highest BCUT2D eigenvalue weighted by molar-refractivity contribution is 6.22. The van der Waals surface area contributed by atoms with Crippen LogP contribution in [-0.2, 0) is 0 Å². The summed E-state index contributed by atoms with van der Waals surface area (Å²) in [6, 6.07) is 104. The Kier molecular flexibility index (Phi) is 11.0. The smallest absolute Gasteiger partial charge is 0.0540 e. The second-order valence-corrected chi connectivity index (χ2v) is 17.5. The zero-order chi connectivity index (χ0) is 45.9. The summed E-state index contributed by atoms with van der Waals surface area (Å²) in [5.74, 6) is 0. The largest absolute Gasteiger partial charge is 0.310 e. The molecule has 324 valence electrons. The number of nitrogens with zero attached hydrogens (tertiary/aromatic N) is 1. The topological polar surface area (TPSA) is 3.24 Å². The van der Waals surface area contributed by atoms with Gasteiger partial charge >= 0.3 is 0 Å². The minimum absolute atomic E-state index is 1.08. The Hall–Kier alpha value is -9.04. The van der Waals surface area contributed by atoms with Crippen molar-refractivity contribution in [3.8, 4) is 77.9 Å². The highest BCUT2D eigenvalue weighted by Crippen LogP contribution is 2.54. The molecule has 1 nitrogen and oxygen atoms in total. The van der Waals surface area contributed by atoms with Crippen molar-refractivity contribution in [3.05, 3.63) is 285 Å². The molecule has 0 fully saturated rings. The van der Waals surface area contributed by atoms with Crippen LogP contribution in [0.2, 0.25) is 0 Å². The first-order valence-corrected chi connectivity index (χ1v) is 23.8. The third kappa shape index (κ3) is 7.76. The average Bonchev–Trinajstić information content (AvgIpc) is 3.44. The number of hydrogen-bond donors (Lipinski definition) is 0. The van der Waals surface area contributed by atoms with Gasteiger partial charge in [0.1, 0.15) is 0 Å². The van der Waals surface area contributed by atoms with E-state index in [2.05, 4.69) is 290 Å². The van der Waals surface area contributed by atoms with E-state index in [0.717, 1.165) is 33.8 Å². The molecule has 12 aromatic carbocycles. The maximum atomic E-state index is 2.40. The quantitative estimate of drug-likeness (QED) is 0.132. The Morgan fingerprint density at radius 3 is 1.25 bits per heavy atom. The number of fused-ring (bicyclic) bond motifs is 2. The lowest BCUT2D eigenvalue weighted by Gasteiger charge is -2.29. The van der Waals surface area contributed by atoms with Gasteiger partial charge in [-0.2, -0.15) is 0 Å². The molecule has 1 heteroatoms.